The van der Waals surface area contributed by atoms with E-state index in [0.29, 0.717) is 0 Å². The van der Waals surface area contributed by atoms with Crippen LogP contribution in [0.2, 0.25) is 0 Å². The molecule has 1 atom stereocenters. The van der Waals surface area contributed by atoms with Gasteiger partial charge in [0.15, 0.2) is 5.96 Å². The molecule has 0 aromatic heterocycles. The topological polar surface area (TPSA) is 36.9 Å². The van der Waals surface area contributed by atoms with Gasteiger partial charge in [-0.05, 0) is 37.7 Å². The highest BCUT2D eigenvalue weighted by Crippen LogP contribution is 2.16. The minimum absolute atomic E-state index is 0. The van der Waals surface area contributed by atoms with E-state index < -0.39 is 0 Å². The second-order valence-electron chi connectivity index (χ2n) is 6.42. The van der Waals surface area contributed by atoms with Gasteiger partial charge in [0.05, 0.1) is 6.10 Å². The van der Waals surface area contributed by atoms with E-state index in [1.54, 1.807) is 0 Å². The van der Waals surface area contributed by atoms with Crippen LogP contribution in [0.1, 0.15) is 44.8 Å². The van der Waals surface area contributed by atoms with Gasteiger partial charge >= 0.3 is 0 Å². The molecular formula is C19H32IN3O. The van der Waals surface area contributed by atoms with E-state index in [2.05, 4.69) is 53.3 Å². The maximum Gasteiger partial charge on any atom is 0.193 e. The Morgan fingerprint density at radius 1 is 1.29 bits per heavy atom. The normalized spacial score (nSPS) is 17.3. The number of piperidine rings is 1. The summed E-state index contributed by atoms with van der Waals surface area (Å²) in [6.45, 7) is 8.33. The molecule has 0 aliphatic carbocycles. The van der Waals surface area contributed by atoms with Crippen molar-refractivity contribution in [2.45, 2.75) is 39.2 Å². The van der Waals surface area contributed by atoms with Crippen molar-refractivity contribution >= 4 is 29.9 Å². The van der Waals surface area contributed by atoms with Gasteiger partial charge in [-0.1, -0.05) is 37.3 Å². The summed E-state index contributed by atoms with van der Waals surface area (Å²) in [5.41, 5.74) is 1.23. The fourth-order valence-electron chi connectivity index (χ4n) is 2.91. The molecule has 1 heterocycles. The van der Waals surface area contributed by atoms with Gasteiger partial charge < -0.3 is 15.0 Å². The van der Waals surface area contributed by atoms with Gasteiger partial charge in [-0.3, -0.25) is 4.99 Å². The first kappa shape index (κ1) is 21.2. The second kappa shape index (κ2) is 11.7. The first-order valence-electron chi connectivity index (χ1n) is 8.83. The molecule has 1 aliphatic heterocycles. The Balaban J connectivity index is 0.00000288. The fraction of sp³-hybridized carbons (Fsp3) is 0.632. The molecule has 1 unspecified atom stereocenters. The van der Waals surface area contributed by atoms with Crippen molar-refractivity contribution in [2.75, 3.05) is 33.3 Å². The number of nitrogens with zero attached hydrogens (tertiary/aromatic N) is 2. The molecule has 1 aliphatic rings. The van der Waals surface area contributed by atoms with Crippen LogP contribution in [0.5, 0.6) is 0 Å². The lowest BCUT2D eigenvalue weighted by atomic mass is 10.00. The summed E-state index contributed by atoms with van der Waals surface area (Å²) in [6, 6.07) is 10.4. The van der Waals surface area contributed by atoms with Crippen molar-refractivity contribution in [1.82, 2.24) is 10.2 Å². The molecule has 1 fully saturated rings. The lowest BCUT2D eigenvalue weighted by molar-refractivity contribution is 0.0645. The number of hydrogen-bond acceptors (Lipinski definition) is 2. The molecule has 0 spiro atoms. The van der Waals surface area contributed by atoms with Gasteiger partial charge in [0, 0.05) is 33.3 Å². The Labute approximate surface area is 164 Å². The van der Waals surface area contributed by atoms with Crippen LogP contribution in [0.3, 0.4) is 0 Å². The Morgan fingerprint density at radius 3 is 2.58 bits per heavy atom. The molecule has 0 amide bonds. The standard InChI is InChI=1S/C19H31N3O.HI/c1-16-10-13-22(14-11-16)19(20-3)21-12-7-15-23-17(2)18-8-5-4-6-9-18;/h4-6,8-9,16-17H,7,10-15H2,1-3H3,(H,20,21);1H. The molecule has 0 radical (unpaired) electrons. The average Bonchev–Trinajstić information content (AvgIpc) is 2.60. The van der Waals surface area contributed by atoms with E-state index in [1.165, 1.54) is 18.4 Å². The van der Waals surface area contributed by atoms with Crippen LogP contribution in [-0.4, -0.2) is 44.1 Å². The largest absolute Gasteiger partial charge is 0.374 e. The number of halogens is 1. The van der Waals surface area contributed by atoms with Crippen LogP contribution < -0.4 is 5.32 Å². The first-order valence-corrected chi connectivity index (χ1v) is 8.83. The number of rotatable bonds is 6. The average molecular weight is 445 g/mol. The minimum Gasteiger partial charge on any atom is -0.374 e. The maximum atomic E-state index is 5.91. The van der Waals surface area contributed by atoms with Gasteiger partial charge in [0.25, 0.3) is 0 Å². The van der Waals surface area contributed by atoms with Crippen LogP contribution in [0, 0.1) is 5.92 Å². The highest BCUT2D eigenvalue weighted by atomic mass is 127. The lowest BCUT2D eigenvalue weighted by Crippen LogP contribution is -2.45. The predicted molar refractivity (Wildman–Crippen MR) is 112 cm³/mol. The van der Waals surface area contributed by atoms with Crippen molar-refractivity contribution < 1.29 is 4.74 Å². The molecule has 24 heavy (non-hydrogen) atoms. The van der Waals surface area contributed by atoms with Crippen molar-refractivity contribution in [3.63, 3.8) is 0 Å². The molecule has 1 aromatic carbocycles. The maximum absolute atomic E-state index is 5.91. The number of hydrogen-bond donors (Lipinski definition) is 1. The quantitative estimate of drug-likeness (QED) is 0.310. The van der Waals surface area contributed by atoms with Crippen LogP contribution in [-0.2, 0) is 4.74 Å². The second-order valence-corrected chi connectivity index (χ2v) is 6.42. The van der Waals surface area contributed by atoms with Crippen molar-refractivity contribution in [3.05, 3.63) is 35.9 Å². The fourth-order valence-corrected chi connectivity index (χ4v) is 2.91. The zero-order valence-corrected chi connectivity index (χ0v) is 17.5. The summed E-state index contributed by atoms with van der Waals surface area (Å²) >= 11 is 0. The summed E-state index contributed by atoms with van der Waals surface area (Å²) in [7, 11) is 1.87. The predicted octanol–water partition coefficient (Wildman–Crippen LogP) is 4.08. The minimum atomic E-state index is 0. The summed E-state index contributed by atoms with van der Waals surface area (Å²) < 4.78 is 5.91. The molecule has 0 saturated carbocycles. The van der Waals surface area contributed by atoms with Gasteiger partial charge in [-0.2, -0.15) is 0 Å². The highest BCUT2D eigenvalue weighted by molar-refractivity contribution is 14.0. The monoisotopic (exact) mass is 445 g/mol. The lowest BCUT2D eigenvalue weighted by Gasteiger charge is -2.32. The summed E-state index contributed by atoms with van der Waals surface area (Å²) in [4.78, 5) is 6.78. The molecular weight excluding hydrogens is 413 g/mol. The van der Waals surface area contributed by atoms with Gasteiger partial charge in [-0.15, -0.1) is 24.0 Å². The van der Waals surface area contributed by atoms with E-state index in [4.69, 9.17) is 4.74 Å². The number of aliphatic imine (C=N–C) groups is 1. The zero-order valence-electron chi connectivity index (χ0n) is 15.2. The molecule has 1 N–H and O–H groups in total. The van der Waals surface area contributed by atoms with Crippen molar-refractivity contribution in [3.8, 4) is 0 Å². The third-order valence-electron chi connectivity index (χ3n) is 4.54. The van der Waals surface area contributed by atoms with E-state index in [9.17, 15) is 0 Å². The zero-order chi connectivity index (χ0) is 16.5. The van der Waals surface area contributed by atoms with Crippen LogP contribution in [0.15, 0.2) is 35.3 Å². The number of benzene rings is 1. The first-order chi connectivity index (χ1) is 11.2. The summed E-state index contributed by atoms with van der Waals surface area (Å²) in [5.74, 6) is 1.88. The Bertz CT molecular complexity index is 473. The van der Waals surface area contributed by atoms with Crippen LogP contribution in [0.4, 0.5) is 0 Å². The summed E-state index contributed by atoms with van der Waals surface area (Å²) in [5, 5.41) is 3.46. The number of likely N-dealkylation sites (tertiary alicyclic amines) is 1. The van der Waals surface area contributed by atoms with Crippen molar-refractivity contribution in [1.29, 1.82) is 0 Å². The third kappa shape index (κ3) is 6.97. The van der Waals surface area contributed by atoms with Gasteiger partial charge in [0.1, 0.15) is 0 Å². The molecule has 1 saturated heterocycles. The van der Waals surface area contributed by atoms with Gasteiger partial charge in [-0.25, -0.2) is 0 Å². The number of nitrogens with one attached hydrogen (secondary N) is 1. The van der Waals surface area contributed by atoms with Crippen LogP contribution >= 0.6 is 24.0 Å². The SMILES string of the molecule is CN=C(NCCCOC(C)c1ccccc1)N1CCC(C)CC1.I. The Morgan fingerprint density at radius 2 is 1.96 bits per heavy atom. The smallest absolute Gasteiger partial charge is 0.193 e. The number of ether oxygens (including phenoxy) is 1. The van der Waals surface area contributed by atoms with E-state index >= 15 is 0 Å². The van der Waals surface area contributed by atoms with Crippen molar-refractivity contribution in [2.24, 2.45) is 10.9 Å². The molecule has 5 heteroatoms. The molecule has 2 rings (SSSR count). The summed E-state index contributed by atoms with van der Waals surface area (Å²) in [6.07, 6.45) is 3.66. The van der Waals surface area contributed by atoms with E-state index in [1.807, 2.05) is 13.1 Å². The van der Waals surface area contributed by atoms with E-state index in [-0.39, 0.29) is 30.1 Å². The molecule has 1 aromatic rings. The molecule has 136 valence electrons. The van der Waals surface area contributed by atoms with Crippen LogP contribution in [0.25, 0.3) is 0 Å². The van der Waals surface area contributed by atoms with E-state index in [0.717, 1.165) is 44.5 Å². The number of guanidine groups is 1. The molecule has 0 bridgehead atoms. The van der Waals surface area contributed by atoms with Gasteiger partial charge in [0.2, 0.25) is 0 Å². The third-order valence-corrected chi connectivity index (χ3v) is 4.54. The Hall–Kier alpha value is -0.820. The highest BCUT2D eigenvalue weighted by Gasteiger charge is 2.18. The Kier molecular flexibility index (Phi) is 10.3. The molecule has 4 nitrogen and oxygen atoms in total.